The minimum Gasteiger partial charge on any atom is -0.490 e. The van der Waals surface area contributed by atoms with E-state index in [2.05, 4.69) is 10.3 Å². The van der Waals surface area contributed by atoms with Gasteiger partial charge < -0.3 is 15.2 Å². The van der Waals surface area contributed by atoms with E-state index in [0.717, 1.165) is 29.5 Å². The third kappa shape index (κ3) is 2.17. The predicted octanol–water partition coefficient (Wildman–Crippen LogP) is 1.34. The van der Waals surface area contributed by atoms with Gasteiger partial charge in [-0.2, -0.15) is 0 Å². The van der Waals surface area contributed by atoms with Crippen LogP contribution in [0, 0.1) is 0 Å². The first-order valence-corrected chi connectivity index (χ1v) is 6.16. The first-order chi connectivity index (χ1) is 8.77. The van der Waals surface area contributed by atoms with Crippen molar-refractivity contribution in [3.63, 3.8) is 0 Å². The highest BCUT2D eigenvalue weighted by atomic mass is 16.5. The van der Waals surface area contributed by atoms with Gasteiger partial charge in [0.2, 0.25) is 0 Å². The molecule has 1 aliphatic rings. The quantitative estimate of drug-likeness (QED) is 0.855. The summed E-state index contributed by atoms with van der Waals surface area (Å²) in [5.74, 6) is 0.801. The molecule has 0 radical (unpaired) electrons. The highest BCUT2D eigenvalue weighted by Gasteiger charge is 2.31. The molecule has 1 aromatic heterocycles. The van der Waals surface area contributed by atoms with Crippen molar-refractivity contribution in [1.29, 1.82) is 0 Å². The van der Waals surface area contributed by atoms with Crippen molar-refractivity contribution in [3.8, 4) is 5.75 Å². The predicted molar refractivity (Wildman–Crippen MR) is 69.7 cm³/mol. The molecule has 4 heteroatoms. The summed E-state index contributed by atoms with van der Waals surface area (Å²) in [5, 5.41) is 15.4. The fraction of sp³-hybridized carbons (Fsp3) is 0.357. The zero-order valence-corrected chi connectivity index (χ0v) is 10.1. The van der Waals surface area contributed by atoms with Crippen LogP contribution in [0.15, 0.2) is 36.7 Å². The van der Waals surface area contributed by atoms with E-state index in [9.17, 15) is 5.11 Å². The van der Waals surface area contributed by atoms with E-state index in [1.54, 1.807) is 6.20 Å². The summed E-state index contributed by atoms with van der Waals surface area (Å²) < 4.78 is 5.79. The summed E-state index contributed by atoms with van der Waals surface area (Å²) in [6.45, 7) is 1.76. The van der Waals surface area contributed by atoms with E-state index in [1.165, 1.54) is 0 Å². The van der Waals surface area contributed by atoms with Gasteiger partial charge in [-0.05, 0) is 25.1 Å². The molecule has 1 atom stereocenters. The summed E-state index contributed by atoms with van der Waals surface area (Å²) in [4.78, 5) is 4.09. The Kier molecular flexibility index (Phi) is 2.89. The number of aromatic nitrogens is 1. The third-order valence-electron chi connectivity index (χ3n) is 3.36. The number of benzene rings is 1. The van der Waals surface area contributed by atoms with E-state index < -0.39 is 5.60 Å². The molecule has 0 amide bonds. The van der Waals surface area contributed by atoms with Crippen molar-refractivity contribution in [2.75, 3.05) is 19.7 Å². The number of aliphatic hydroxyl groups is 1. The lowest BCUT2D eigenvalue weighted by molar-refractivity contribution is 0.0135. The normalized spacial score (nSPS) is 23.4. The monoisotopic (exact) mass is 244 g/mol. The number of β-amino-alcohol motifs (C(OH)–C–C–N with tert-alkyl or cyclic N) is 1. The maximum atomic E-state index is 10.2. The van der Waals surface area contributed by atoms with Gasteiger partial charge in [-0.25, -0.2) is 0 Å². The molecule has 94 valence electrons. The molecule has 2 heterocycles. The first kappa shape index (κ1) is 11.4. The second-order valence-corrected chi connectivity index (χ2v) is 4.79. The van der Waals surface area contributed by atoms with E-state index in [4.69, 9.17) is 4.74 Å². The number of hydrogen-bond acceptors (Lipinski definition) is 4. The zero-order chi connectivity index (χ0) is 12.4. The molecule has 0 spiro atoms. The Balaban J connectivity index is 1.82. The van der Waals surface area contributed by atoms with Gasteiger partial charge in [-0.15, -0.1) is 0 Å². The number of ether oxygens (including phenoxy) is 1. The molecule has 1 saturated heterocycles. The zero-order valence-electron chi connectivity index (χ0n) is 10.1. The summed E-state index contributed by atoms with van der Waals surface area (Å²) in [7, 11) is 0. The second-order valence-electron chi connectivity index (χ2n) is 4.79. The maximum absolute atomic E-state index is 10.2. The van der Waals surface area contributed by atoms with Crippen molar-refractivity contribution in [1.82, 2.24) is 10.3 Å². The van der Waals surface area contributed by atoms with Crippen LogP contribution in [-0.2, 0) is 0 Å². The Labute approximate surface area is 106 Å². The average molecular weight is 244 g/mol. The molecule has 2 N–H and O–H groups in total. The van der Waals surface area contributed by atoms with Crippen LogP contribution in [0.25, 0.3) is 10.8 Å². The van der Waals surface area contributed by atoms with Crippen LogP contribution in [0.4, 0.5) is 0 Å². The molecule has 0 aliphatic carbocycles. The van der Waals surface area contributed by atoms with Gasteiger partial charge in [0.15, 0.2) is 0 Å². The summed E-state index contributed by atoms with van der Waals surface area (Å²) in [6, 6.07) is 7.80. The molecule has 1 aromatic carbocycles. The average Bonchev–Trinajstić information content (AvgIpc) is 2.84. The number of nitrogens with zero attached hydrogens (tertiary/aromatic N) is 1. The lowest BCUT2D eigenvalue weighted by Crippen LogP contribution is -2.38. The maximum Gasteiger partial charge on any atom is 0.127 e. The van der Waals surface area contributed by atoms with Crippen LogP contribution in [0.5, 0.6) is 5.75 Å². The van der Waals surface area contributed by atoms with Crippen LogP contribution in [0.2, 0.25) is 0 Å². The topological polar surface area (TPSA) is 54.4 Å². The number of nitrogens with one attached hydrogen (secondary N) is 1. The lowest BCUT2D eigenvalue weighted by Gasteiger charge is -2.22. The van der Waals surface area contributed by atoms with Gasteiger partial charge in [-0.3, -0.25) is 4.98 Å². The molecular weight excluding hydrogens is 228 g/mol. The molecule has 0 saturated carbocycles. The minimum absolute atomic E-state index is 0.321. The van der Waals surface area contributed by atoms with Gasteiger partial charge in [0.25, 0.3) is 0 Å². The van der Waals surface area contributed by atoms with Crippen LogP contribution in [-0.4, -0.2) is 35.4 Å². The first-order valence-electron chi connectivity index (χ1n) is 6.16. The van der Waals surface area contributed by atoms with Crippen molar-refractivity contribution < 1.29 is 9.84 Å². The summed E-state index contributed by atoms with van der Waals surface area (Å²) >= 11 is 0. The standard InChI is InChI=1S/C14H16N2O2/c17-14(5-7-16-9-14)10-18-13-3-1-2-11-8-15-6-4-12(11)13/h1-4,6,8,16-17H,5,7,9-10H2. The molecule has 0 bridgehead atoms. The Hall–Kier alpha value is -1.65. The van der Waals surface area contributed by atoms with Gasteiger partial charge in [0, 0.05) is 29.7 Å². The van der Waals surface area contributed by atoms with Crippen LogP contribution in [0.3, 0.4) is 0 Å². The Bertz CT molecular complexity index is 545. The number of fused-ring (bicyclic) bond motifs is 1. The molecule has 3 rings (SSSR count). The summed E-state index contributed by atoms with van der Waals surface area (Å²) in [6.07, 6.45) is 4.30. The molecule has 4 nitrogen and oxygen atoms in total. The fourth-order valence-corrected chi connectivity index (χ4v) is 2.28. The largest absolute Gasteiger partial charge is 0.490 e. The third-order valence-corrected chi connectivity index (χ3v) is 3.36. The van der Waals surface area contributed by atoms with Crippen LogP contribution >= 0.6 is 0 Å². The number of rotatable bonds is 3. The Morgan fingerprint density at radius 1 is 1.39 bits per heavy atom. The van der Waals surface area contributed by atoms with Gasteiger partial charge >= 0.3 is 0 Å². The molecule has 2 aromatic rings. The minimum atomic E-state index is -0.741. The lowest BCUT2D eigenvalue weighted by atomic mass is 10.1. The second kappa shape index (κ2) is 4.55. The van der Waals surface area contributed by atoms with Gasteiger partial charge in [0.05, 0.1) is 0 Å². The van der Waals surface area contributed by atoms with Crippen molar-refractivity contribution in [2.45, 2.75) is 12.0 Å². The van der Waals surface area contributed by atoms with Gasteiger partial charge in [-0.1, -0.05) is 12.1 Å². The Morgan fingerprint density at radius 2 is 2.33 bits per heavy atom. The van der Waals surface area contributed by atoms with Crippen molar-refractivity contribution >= 4 is 10.8 Å². The molecular formula is C14H16N2O2. The van der Waals surface area contributed by atoms with Crippen LogP contribution < -0.4 is 10.1 Å². The molecule has 1 fully saturated rings. The number of hydrogen-bond donors (Lipinski definition) is 2. The van der Waals surface area contributed by atoms with E-state index in [0.29, 0.717) is 13.2 Å². The molecule has 1 unspecified atom stereocenters. The van der Waals surface area contributed by atoms with E-state index in [1.807, 2.05) is 30.5 Å². The van der Waals surface area contributed by atoms with Gasteiger partial charge in [0.1, 0.15) is 18.0 Å². The summed E-state index contributed by atoms with van der Waals surface area (Å²) in [5.41, 5.74) is -0.741. The molecule has 18 heavy (non-hydrogen) atoms. The SMILES string of the molecule is OC1(COc2cccc3cnccc23)CCNC1. The highest BCUT2D eigenvalue weighted by molar-refractivity contribution is 5.87. The van der Waals surface area contributed by atoms with Crippen molar-refractivity contribution in [2.24, 2.45) is 0 Å². The van der Waals surface area contributed by atoms with E-state index in [-0.39, 0.29) is 0 Å². The number of pyridine rings is 1. The Morgan fingerprint density at radius 3 is 3.17 bits per heavy atom. The molecule has 1 aliphatic heterocycles. The van der Waals surface area contributed by atoms with Crippen LogP contribution in [0.1, 0.15) is 6.42 Å². The fourth-order valence-electron chi connectivity index (χ4n) is 2.28. The van der Waals surface area contributed by atoms with E-state index >= 15 is 0 Å². The smallest absolute Gasteiger partial charge is 0.127 e. The van der Waals surface area contributed by atoms with Crippen molar-refractivity contribution in [3.05, 3.63) is 36.7 Å². The highest BCUT2D eigenvalue weighted by Crippen LogP contribution is 2.26.